The number of aromatic nitrogens is 1. The maximum atomic E-state index is 6.40. The second-order valence-electron chi connectivity index (χ2n) is 9.44. The molecule has 2 aromatic carbocycles. The van der Waals surface area contributed by atoms with Gasteiger partial charge in [0.1, 0.15) is 5.69 Å². The highest BCUT2D eigenvalue weighted by atomic mass is 35.5. The molecule has 0 fully saturated rings. The molecule has 0 unspecified atom stereocenters. The van der Waals surface area contributed by atoms with Gasteiger partial charge in [-0.3, -0.25) is 9.98 Å². The lowest BCUT2D eigenvalue weighted by Crippen LogP contribution is -2.26. The highest BCUT2D eigenvalue weighted by Crippen LogP contribution is 2.32. The molecule has 9 heteroatoms. The smallest absolute Gasteiger partial charge is 0.237 e. The molecule has 0 spiro atoms. The fourth-order valence-electron chi connectivity index (χ4n) is 4.50. The molecule has 41 heavy (non-hydrogen) atoms. The zero-order chi connectivity index (χ0) is 29.2. The van der Waals surface area contributed by atoms with E-state index in [-0.39, 0.29) is 6.04 Å². The van der Waals surface area contributed by atoms with Crippen LogP contribution in [0.5, 0.6) is 5.88 Å². The van der Waals surface area contributed by atoms with Gasteiger partial charge in [-0.2, -0.15) is 0 Å². The largest absolute Gasteiger partial charge is 0.480 e. The van der Waals surface area contributed by atoms with Gasteiger partial charge in [0.05, 0.1) is 61.9 Å². The van der Waals surface area contributed by atoms with E-state index in [0.29, 0.717) is 31.4 Å². The van der Waals surface area contributed by atoms with E-state index in [1.165, 1.54) is 0 Å². The maximum absolute atomic E-state index is 6.40. The first-order valence-electron chi connectivity index (χ1n) is 13.3. The van der Waals surface area contributed by atoms with Crippen molar-refractivity contribution in [1.82, 2.24) is 4.98 Å². The molecule has 8 nitrogen and oxygen atoms in total. The zero-order valence-electron chi connectivity index (χ0n) is 24.1. The summed E-state index contributed by atoms with van der Waals surface area (Å²) in [5.41, 5.74) is 7.06. The average molecular weight is 574 g/mol. The van der Waals surface area contributed by atoms with Gasteiger partial charge in [0, 0.05) is 31.1 Å². The maximum Gasteiger partial charge on any atom is 0.237 e. The van der Waals surface area contributed by atoms with E-state index in [0.717, 1.165) is 44.6 Å². The van der Waals surface area contributed by atoms with Crippen LogP contribution < -0.4 is 15.0 Å². The Hall–Kier alpha value is -3.98. The summed E-state index contributed by atoms with van der Waals surface area (Å²) in [6.45, 7) is 5.37. The highest BCUT2D eigenvalue weighted by molar-refractivity contribution is 6.31. The second-order valence-corrected chi connectivity index (χ2v) is 9.85. The lowest BCUT2D eigenvalue weighted by atomic mass is 10.1. The van der Waals surface area contributed by atoms with Crippen LogP contribution >= 0.6 is 11.6 Å². The molecule has 1 aliphatic rings. The molecule has 4 rings (SSSR count). The number of halogens is 1. The van der Waals surface area contributed by atoms with Gasteiger partial charge in [0.15, 0.2) is 0 Å². The third kappa shape index (κ3) is 7.61. The lowest BCUT2D eigenvalue weighted by Gasteiger charge is -2.26. The topological polar surface area (TPSA) is 80.6 Å². The Kier molecular flexibility index (Phi) is 10.7. The van der Waals surface area contributed by atoms with E-state index >= 15 is 0 Å². The SMILES string of the molecule is C/C=C(/Nc1cccnc1OC)C(/C=C1\C=Nc2ccccc2CN1c1ccc(Cl)c(C)c1)=NC(COC)COC. The number of aryl methyl sites for hydroxylation is 1. The van der Waals surface area contributed by atoms with Gasteiger partial charge in [-0.05, 0) is 67.4 Å². The number of nitrogens with zero attached hydrogens (tertiary/aromatic N) is 4. The van der Waals surface area contributed by atoms with Crippen molar-refractivity contribution in [2.45, 2.75) is 26.4 Å². The van der Waals surface area contributed by atoms with Gasteiger partial charge in [0.25, 0.3) is 0 Å². The number of allylic oxidation sites excluding steroid dienone is 3. The Balaban J connectivity index is 1.87. The summed E-state index contributed by atoms with van der Waals surface area (Å²) in [4.78, 5) is 16.5. The first kappa shape index (κ1) is 30.0. The molecule has 0 radical (unpaired) electrons. The average Bonchev–Trinajstić information content (AvgIpc) is 3.17. The Labute approximate surface area is 247 Å². The number of ether oxygens (including phenoxy) is 3. The zero-order valence-corrected chi connectivity index (χ0v) is 24.9. The summed E-state index contributed by atoms with van der Waals surface area (Å²) >= 11 is 6.40. The molecule has 1 N–H and O–H groups in total. The number of nitrogens with one attached hydrogen (secondary N) is 1. The summed E-state index contributed by atoms with van der Waals surface area (Å²) in [6, 6.07) is 17.7. The van der Waals surface area contributed by atoms with Crippen LogP contribution in [0.2, 0.25) is 5.02 Å². The summed E-state index contributed by atoms with van der Waals surface area (Å²) in [7, 11) is 4.91. The van der Waals surface area contributed by atoms with Crippen LogP contribution in [0.15, 0.2) is 94.3 Å². The molecule has 0 bridgehead atoms. The van der Waals surface area contributed by atoms with Crippen molar-refractivity contribution in [2.24, 2.45) is 9.98 Å². The van der Waals surface area contributed by atoms with Crippen molar-refractivity contribution in [3.63, 3.8) is 0 Å². The normalized spacial score (nSPS) is 14.8. The van der Waals surface area contributed by atoms with Gasteiger partial charge in [0.2, 0.25) is 5.88 Å². The van der Waals surface area contributed by atoms with Crippen molar-refractivity contribution >= 4 is 40.6 Å². The number of para-hydroxylation sites is 1. The summed E-state index contributed by atoms with van der Waals surface area (Å²) in [5.74, 6) is 0.480. The van der Waals surface area contributed by atoms with E-state index in [1.807, 2.05) is 74.7 Å². The van der Waals surface area contributed by atoms with E-state index in [9.17, 15) is 0 Å². The molecule has 0 saturated carbocycles. The molecule has 0 saturated heterocycles. The number of anilines is 2. The van der Waals surface area contributed by atoms with Crippen molar-refractivity contribution in [3.05, 3.63) is 100 Å². The fourth-order valence-corrected chi connectivity index (χ4v) is 4.61. The predicted molar refractivity (Wildman–Crippen MR) is 168 cm³/mol. The number of hydrogen-bond acceptors (Lipinski definition) is 8. The number of hydrogen-bond donors (Lipinski definition) is 1. The van der Waals surface area contributed by atoms with Gasteiger partial charge < -0.3 is 24.4 Å². The van der Waals surface area contributed by atoms with E-state index in [4.69, 9.17) is 35.8 Å². The van der Waals surface area contributed by atoms with Crippen molar-refractivity contribution in [1.29, 1.82) is 0 Å². The van der Waals surface area contributed by atoms with Crippen LogP contribution in [0.3, 0.4) is 0 Å². The van der Waals surface area contributed by atoms with E-state index < -0.39 is 0 Å². The molecule has 0 atom stereocenters. The highest BCUT2D eigenvalue weighted by Gasteiger charge is 2.20. The van der Waals surface area contributed by atoms with Gasteiger partial charge in [-0.15, -0.1) is 0 Å². The quantitative estimate of drug-likeness (QED) is 0.255. The summed E-state index contributed by atoms with van der Waals surface area (Å²) < 4.78 is 16.4. The van der Waals surface area contributed by atoms with E-state index in [1.54, 1.807) is 27.5 Å². The van der Waals surface area contributed by atoms with Crippen LogP contribution in [0, 0.1) is 6.92 Å². The van der Waals surface area contributed by atoms with Crippen molar-refractivity contribution in [3.8, 4) is 5.88 Å². The molecule has 0 aliphatic carbocycles. The Morgan fingerprint density at radius 1 is 1.10 bits per heavy atom. The number of fused-ring (bicyclic) bond motifs is 1. The third-order valence-electron chi connectivity index (χ3n) is 6.54. The van der Waals surface area contributed by atoms with Crippen LogP contribution in [0.1, 0.15) is 18.1 Å². The second kappa shape index (κ2) is 14.6. The fraction of sp³-hybridized carbons (Fsp3) is 0.281. The minimum atomic E-state index is -0.240. The molecule has 214 valence electrons. The van der Waals surface area contributed by atoms with Crippen LogP contribution in [-0.2, 0) is 16.0 Å². The molecular formula is C32H36ClN5O3. The number of methoxy groups -OCH3 is 3. The number of pyridine rings is 1. The Morgan fingerprint density at radius 3 is 2.59 bits per heavy atom. The van der Waals surface area contributed by atoms with Crippen LogP contribution in [0.4, 0.5) is 17.1 Å². The first-order valence-corrected chi connectivity index (χ1v) is 13.7. The molecule has 0 amide bonds. The molecule has 1 aliphatic heterocycles. The monoisotopic (exact) mass is 573 g/mol. The standard InChI is InChI=1S/C32H36ClN5O3/c1-6-28(37-30-12-9-15-34-32(30)41-5)31(36-24(20-39-3)21-40-4)17-26-18-35-29-11-8-7-10-23(29)19-38(26)25-13-14-27(33)22(2)16-25/h6-18,24,37H,19-21H2,1-5H3/b26-17+,28-6+,36-31?. The Bertz CT molecular complexity index is 1460. The lowest BCUT2D eigenvalue weighted by molar-refractivity contribution is 0.120. The van der Waals surface area contributed by atoms with E-state index in [2.05, 4.69) is 27.3 Å². The van der Waals surface area contributed by atoms with Crippen molar-refractivity contribution in [2.75, 3.05) is 44.8 Å². The van der Waals surface area contributed by atoms with Crippen molar-refractivity contribution < 1.29 is 14.2 Å². The number of aliphatic imine (C=N–C) groups is 2. The summed E-state index contributed by atoms with van der Waals surface area (Å²) in [5, 5.41) is 4.19. The molecular weight excluding hydrogens is 538 g/mol. The minimum absolute atomic E-state index is 0.240. The number of benzene rings is 2. The first-order chi connectivity index (χ1) is 20.0. The van der Waals surface area contributed by atoms with Crippen LogP contribution in [0.25, 0.3) is 0 Å². The number of rotatable bonds is 11. The molecule has 3 aromatic rings. The van der Waals surface area contributed by atoms with Gasteiger partial charge in [-0.25, -0.2) is 4.98 Å². The van der Waals surface area contributed by atoms with Gasteiger partial charge >= 0.3 is 0 Å². The Morgan fingerprint density at radius 2 is 1.88 bits per heavy atom. The van der Waals surface area contributed by atoms with Gasteiger partial charge in [-0.1, -0.05) is 35.9 Å². The predicted octanol–water partition coefficient (Wildman–Crippen LogP) is 6.78. The minimum Gasteiger partial charge on any atom is -0.480 e. The molecule has 2 heterocycles. The third-order valence-corrected chi connectivity index (χ3v) is 6.97. The summed E-state index contributed by atoms with van der Waals surface area (Å²) in [6.07, 6.45) is 7.57. The van der Waals surface area contributed by atoms with Crippen LogP contribution in [-0.4, -0.2) is 57.5 Å². The molecule has 1 aromatic heterocycles.